The summed E-state index contributed by atoms with van der Waals surface area (Å²) < 4.78 is 5.10. The van der Waals surface area contributed by atoms with E-state index in [-0.39, 0.29) is 12.6 Å². The highest BCUT2D eigenvalue weighted by Crippen LogP contribution is 2.15. The van der Waals surface area contributed by atoms with E-state index in [1.165, 1.54) is 12.8 Å². The van der Waals surface area contributed by atoms with Gasteiger partial charge in [0.25, 0.3) is 0 Å². The van der Waals surface area contributed by atoms with Gasteiger partial charge in [0.15, 0.2) is 0 Å². The van der Waals surface area contributed by atoms with Gasteiger partial charge < -0.3 is 30.3 Å². The number of nitrogens with one attached hydrogen (secondary N) is 2. The molecule has 3 N–H and O–H groups in total. The monoisotopic (exact) mass is 350 g/mol. The largest absolute Gasteiger partial charge is 0.497 e. The second-order valence-electron chi connectivity index (χ2n) is 5.93. The van der Waals surface area contributed by atoms with E-state index in [1.54, 1.807) is 36.3 Å². The summed E-state index contributed by atoms with van der Waals surface area (Å²) in [5, 5.41) is 13.8. The Morgan fingerprint density at radius 3 is 2.48 bits per heavy atom. The maximum absolute atomic E-state index is 12.5. The van der Waals surface area contributed by atoms with Crippen molar-refractivity contribution in [2.75, 3.05) is 51.7 Å². The minimum absolute atomic E-state index is 0.200. The van der Waals surface area contributed by atoms with E-state index in [4.69, 9.17) is 9.84 Å². The summed E-state index contributed by atoms with van der Waals surface area (Å²) in [5.74, 6) is 0.717. The molecule has 0 aliphatic carbocycles. The summed E-state index contributed by atoms with van der Waals surface area (Å²) >= 11 is 0. The Labute approximate surface area is 147 Å². The Balaban J connectivity index is 1.90. The third-order valence-electron chi connectivity index (χ3n) is 4.17. The highest BCUT2D eigenvalue weighted by Gasteiger charge is 2.17. The summed E-state index contributed by atoms with van der Waals surface area (Å²) in [7, 11) is 1.59. The van der Waals surface area contributed by atoms with E-state index in [1.807, 2.05) is 0 Å². The standard InChI is InChI=1S/C17H26N4O4/c1-25-15-6-4-14(5-7-15)19-16(22)21(11-8-18-17(23)24)13-12-20-9-2-3-10-20/h4-7,18H,2-3,8-13H2,1H3,(H,19,22)(H,23,24). The Hall–Kier alpha value is -2.48. The molecule has 1 aromatic rings. The fourth-order valence-electron chi connectivity index (χ4n) is 2.76. The molecule has 0 saturated carbocycles. The van der Waals surface area contributed by atoms with Crippen LogP contribution in [0.4, 0.5) is 15.3 Å². The third kappa shape index (κ3) is 6.50. The third-order valence-corrected chi connectivity index (χ3v) is 4.17. The summed E-state index contributed by atoms with van der Waals surface area (Å²) in [6.07, 6.45) is 1.30. The van der Waals surface area contributed by atoms with Gasteiger partial charge in [-0.05, 0) is 50.2 Å². The minimum Gasteiger partial charge on any atom is -0.497 e. The first kappa shape index (κ1) is 18.9. The molecule has 1 saturated heterocycles. The van der Waals surface area contributed by atoms with E-state index in [2.05, 4.69) is 15.5 Å². The molecule has 0 radical (unpaired) electrons. The van der Waals surface area contributed by atoms with Crippen molar-refractivity contribution >= 4 is 17.8 Å². The lowest BCUT2D eigenvalue weighted by Gasteiger charge is -2.25. The Kier molecular flexibility index (Phi) is 7.34. The van der Waals surface area contributed by atoms with Crippen molar-refractivity contribution < 1.29 is 19.4 Å². The van der Waals surface area contributed by atoms with Gasteiger partial charge in [-0.3, -0.25) is 0 Å². The lowest BCUT2D eigenvalue weighted by molar-refractivity contribution is 0.186. The number of carbonyl (C=O) groups is 2. The van der Waals surface area contributed by atoms with Gasteiger partial charge in [-0.1, -0.05) is 0 Å². The number of anilines is 1. The number of nitrogens with zero attached hydrogens (tertiary/aromatic N) is 2. The first-order valence-electron chi connectivity index (χ1n) is 8.47. The number of benzene rings is 1. The number of urea groups is 1. The molecule has 138 valence electrons. The van der Waals surface area contributed by atoms with Crippen LogP contribution >= 0.6 is 0 Å². The minimum atomic E-state index is -1.09. The van der Waals surface area contributed by atoms with Crippen LogP contribution in [0.3, 0.4) is 0 Å². The number of rotatable bonds is 8. The zero-order chi connectivity index (χ0) is 18.1. The maximum Gasteiger partial charge on any atom is 0.404 e. The first-order valence-corrected chi connectivity index (χ1v) is 8.47. The molecule has 2 rings (SSSR count). The predicted molar refractivity (Wildman–Crippen MR) is 95.3 cm³/mol. The van der Waals surface area contributed by atoms with Gasteiger partial charge >= 0.3 is 12.1 Å². The molecule has 1 fully saturated rings. The van der Waals surface area contributed by atoms with E-state index in [9.17, 15) is 9.59 Å². The molecule has 0 aromatic heterocycles. The molecular formula is C17H26N4O4. The van der Waals surface area contributed by atoms with Gasteiger partial charge in [-0.25, -0.2) is 9.59 Å². The number of hydrogen-bond acceptors (Lipinski definition) is 4. The first-order chi connectivity index (χ1) is 12.1. The molecule has 8 heteroatoms. The van der Waals surface area contributed by atoms with E-state index in [0.29, 0.717) is 18.8 Å². The van der Waals surface area contributed by atoms with Gasteiger partial charge in [0.05, 0.1) is 7.11 Å². The number of ether oxygens (including phenoxy) is 1. The fraction of sp³-hybridized carbons (Fsp3) is 0.529. The molecule has 0 spiro atoms. The van der Waals surface area contributed by atoms with Crippen molar-refractivity contribution in [1.82, 2.24) is 15.1 Å². The van der Waals surface area contributed by atoms with Crippen LogP contribution in [0.5, 0.6) is 5.75 Å². The number of carboxylic acid groups (broad SMARTS) is 1. The molecule has 0 unspecified atom stereocenters. The van der Waals surface area contributed by atoms with Crippen molar-refractivity contribution in [2.24, 2.45) is 0 Å². The number of likely N-dealkylation sites (tertiary alicyclic amines) is 1. The van der Waals surface area contributed by atoms with Crippen molar-refractivity contribution in [2.45, 2.75) is 12.8 Å². The van der Waals surface area contributed by atoms with Crippen molar-refractivity contribution in [3.8, 4) is 5.75 Å². The highest BCUT2D eigenvalue weighted by molar-refractivity contribution is 5.89. The summed E-state index contributed by atoms with van der Waals surface area (Å²) in [4.78, 5) is 27.1. The second-order valence-corrected chi connectivity index (χ2v) is 5.93. The summed E-state index contributed by atoms with van der Waals surface area (Å²) in [6, 6.07) is 6.85. The van der Waals surface area contributed by atoms with Crippen LogP contribution in [-0.2, 0) is 0 Å². The SMILES string of the molecule is COc1ccc(NC(=O)N(CCNC(=O)O)CCN2CCCC2)cc1. The molecule has 1 aliphatic heterocycles. The molecule has 3 amide bonds. The fourth-order valence-corrected chi connectivity index (χ4v) is 2.76. The number of carbonyl (C=O) groups excluding carboxylic acids is 1. The smallest absolute Gasteiger partial charge is 0.404 e. The average molecular weight is 350 g/mol. The van der Waals surface area contributed by atoms with Crippen molar-refractivity contribution in [1.29, 1.82) is 0 Å². The average Bonchev–Trinajstić information content (AvgIpc) is 3.11. The van der Waals surface area contributed by atoms with Crippen molar-refractivity contribution in [3.05, 3.63) is 24.3 Å². The Bertz CT molecular complexity index is 558. The van der Waals surface area contributed by atoms with Gasteiger partial charge in [-0.2, -0.15) is 0 Å². The summed E-state index contributed by atoms with van der Waals surface area (Å²) in [5.41, 5.74) is 0.670. The second kappa shape index (κ2) is 9.73. The van der Waals surface area contributed by atoms with Crippen LogP contribution in [-0.4, -0.2) is 73.4 Å². The van der Waals surface area contributed by atoms with E-state index >= 15 is 0 Å². The van der Waals surface area contributed by atoms with Crippen LogP contribution < -0.4 is 15.4 Å². The van der Waals surface area contributed by atoms with Gasteiger partial charge in [0, 0.05) is 31.9 Å². The van der Waals surface area contributed by atoms with Crippen LogP contribution in [0, 0.1) is 0 Å². The molecule has 1 aliphatic rings. The summed E-state index contributed by atoms with van der Waals surface area (Å²) in [6.45, 7) is 3.99. The molecule has 25 heavy (non-hydrogen) atoms. The highest BCUT2D eigenvalue weighted by atomic mass is 16.5. The van der Waals surface area contributed by atoms with Gasteiger partial charge in [0.2, 0.25) is 0 Å². The van der Waals surface area contributed by atoms with Crippen LogP contribution in [0.25, 0.3) is 0 Å². The Morgan fingerprint density at radius 2 is 1.88 bits per heavy atom. The van der Waals surface area contributed by atoms with E-state index in [0.717, 1.165) is 25.4 Å². The van der Waals surface area contributed by atoms with Crippen LogP contribution in [0.2, 0.25) is 0 Å². The lowest BCUT2D eigenvalue weighted by atomic mass is 10.3. The number of amides is 3. The lowest BCUT2D eigenvalue weighted by Crippen LogP contribution is -2.44. The van der Waals surface area contributed by atoms with Crippen LogP contribution in [0.15, 0.2) is 24.3 Å². The maximum atomic E-state index is 12.5. The molecule has 0 bridgehead atoms. The van der Waals surface area contributed by atoms with E-state index < -0.39 is 6.09 Å². The quantitative estimate of drug-likeness (QED) is 0.666. The molecule has 1 aromatic carbocycles. The molecule has 8 nitrogen and oxygen atoms in total. The number of hydrogen-bond donors (Lipinski definition) is 3. The normalized spacial score (nSPS) is 14.1. The zero-order valence-electron chi connectivity index (χ0n) is 14.5. The van der Waals surface area contributed by atoms with Crippen molar-refractivity contribution in [3.63, 3.8) is 0 Å². The topological polar surface area (TPSA) is 94.1 Å². The zero-order valence-corrected chi connectivity index (χ0v) is 14.5. The van der Waals surface area contributed by atoms with Gasteiger partial charge in [-0.15, -0.1) is 0 Å². The number of methoxy groups -OCH3 is 1. The molecular weight excluding hydrogens is 324 g/mol. The van der Waals surface area contributed by atoms with Crippen LogP contribution in [0.1, 0.15) is 12.8 Å². The molecule has 0 atom stereocenters. The van der Waals surface area contributed by atoms with Gasteiger partial charge in [0.1, 0.15) is 5.75 Å². The molecule has 1 heterocycles. The predicted octanol–water partition coefficient (Wildman–Crippen LogP) is 1.89. The Morgan fingerprint density at radius 1 is 1.20 bits per heavy atom.